The van der Waals surface area contributed by atoms with Crippen molar-refractivity contribution in [1.82, 2.24) is 10.6 Å². The van der Waals surface area contributed by atoms with Gasteiger partial charge in [-0.2, -0.15) is 0 Å². The second kappa shape index (κ2) is 10.4. The molecule has 0 bridgehead atoms. The molecule has 1 aliphatic rings. The first-order valence-corrected chi connectivity index (χ1v) is 10.3. The number of hydrogen-bond acceptors (Lipinski definition) is 5. The van der Waals surface area contributed by atoms with Gasteiger partial charge in [-0.1, -0.05) is 6.07 Å². The molecule has 0 spiro atoms. The average Bonchev–Trinajstić information content (AvgIpc) is 3.12. The number of carbonyl (C=O) groups excluding carboxylic acids is 2. The minimum Gasteiger partial charge on any atom is -0.497 e. The van der Waals surface area contributed by atoms with Gasteiger partial charge in [0.2, 0.25) is 5.91 Å². The lowest BCUT2D eigenvalue weighted by Gasteiger charge is -2.22. The molecular weight excluding hydrogens is 370 g/mol. The van der Waals surface area contributed by atoms with Gasteiger partial charge in [-0.25, -0.2) is 4.79 Å². The number of carbonyl (C=O) groups is 2. The summed E-state index contributed by atoms with van der Waals surface area (Å²) >= 11 is 0. The Morgan fingerprint density at radius 3 is 2.76 bits per heavy atom. The van der Waals surface area contributed by atoms with Crippen LogP contribution in [0.1, 0.15) is 47.0 Å². The van der Waals surface area contributed by atoms with E-state index in [4.69, 9.17) is 9.47 Å². The Hall–Kier alpha value is -2.44. The number of hydrogen-bond donors (Lipinski definition) is 2. The monoisotopic (exact) mass is 405 g/mol. The predicted molar refractivity (Wildman–Crippen MR) is 114 cm³/mol. The van der Waals surface area contributed by atoms with Crippen LogP contribution in [0.4, 0.5) is 10.5 Å². The molecule has 2 amide bonds. The quantitative estimate of drug-likeness (QED) is 0.693. The number of benzene rings is 1. The number of anilines is 1. The largest absolute Gasteiger partial charge is 0.497 e. The molecule has 1 saturated heterocycles. The summed E-state index contributed by atoms with van der Waals surface area (Å²) in [5.41, 5.74) is 0.626. The molecule has 162 valence electrons. The van der Waals surface area contributed by atoms with Gasteiger partial charge in [0.1, 0.15) is 11.4 Å². The Morgan fingerprint density at radius 2 is 2.07 bits per heavy atom. The summed E-state index contributed by atoms with van der Waals surface area (Å²) < 4.78 is 10.5. The van der Waals surface area contributed by atoms with Crippen molar-refractivity contribution in [3.8, 4) is 5.75 Å². The van der Waals surface area contributed by atoms with Gasteiger partial charge in [0.15, 0.2) is 0 Å². The third-order valence-electron chi connectivity index (χ3n) is 4.86. The van der Waals surface area contributed by atoms with Crippen LogP contribution >= 0.6 is 0 Å². The van der Waals surface area contributed by atoms with Gasteiger partial charge in [-0.15, -0.1) is 0 Å². The second-order valence-electron chi connectivity index (χ2n) is 8.69. The molecule has 1 aromatic rings. The number of methoxy groups -OCH3 is 1. The summed E-state index contributed by atoms with van der Waals surface area (Å²) in [7, 11) is 1.67. The molecule has 0 saturated carbocycles. The zero-order chi connectivity index (χ0) is 21.4. The lowest BCUT2D eigenvalue weighted by molar-refractivity contribution is -0.121. The van der Waals surface area contributed by atoms with Crippen LogP contribution in [0.2, 0.25) is 0 Å². The predicted octanol–water partition coefficient (Wildman–Crippen LogP) is 3.33. The molecule has 1 aromatic carbocycles. The van der Waals surface area contributed by atoms with Gasteiger partial charge in [0.25, 0.3) is 0 Å². The van der Waals surface area contributed by atoms with Crippen molar-refractivity contribution in [2.45, 2.75) is 58.6 Å². The molecular formula is C22H35N3O4. The summed E-state index contributed by atoms with van der Waals surface area (Å²) in [5.74, 6) is 1.30. The highest BCUT2D eigenvalue weighted by Crippen LogP contribution is 2.26. The number of ether oxygens (including phenoxy) is 2. The van der Waals surface area contributed by atoms with Crippen LogP contribution in [0.5, 0.6) is 5.75 Å². The van der Waals surface area contributed by atoms with Gasteiger partial charge in [0, 0.05) is 43.9 Å². The van der Waals surface area contributed by atoms with E-state index in [-0.39, 0.29) is 11.9 Å². The van der Waals surface area contributed by atoms with Crippen LogP contribution in [0.25, 0.3) is 0 Å². The van der Waals surface area contributed by atoms with E-state index in [0.29, 0.717) is 25.3 Å². The van der Waals surface area contributed by atoms with Gasteiger partial charge < -0.3 is 25.0 Å². The highest BCUT2D eigenvalue weighted by molar-refractivity contribution is 5.76. The van der Waals surface area contributed by atoms with Crippen molar-refractivity contribution in [2.75, 3.05) is 31.6 Å². The first-order valence-electron chi connectivity index (χ1n) is 10.3. The maximum atomic E-state index is 12.2. The Morgan fingerprint density at radius 1 is 1.31 bits per heavy atom. The van der Waals surface area contributed by atoms with Crippen LogP contribution in [-0.2, 0) is 9.53 Å². The average molecular weight is 406 g/mol. The normalized spacial score (nSPS) is 17.6. The number of rotatable bonds is 8. The topological polar surface area (TPSA) is 79.9 Å². The Kier molecular flexibility index (Phi) is 8.17. The zero-order valence-corrected chi connectivity index (χ0v) is 18.3. The SMILES string of the molecule is COc1cccc(N2CC[C@H](CNC(=O)CC[C@H](C)NC(=O)OC(C)(C)C)C2)c1. The van der Waals surface area contributed by atoms with E-state index >= 15 is 0 Å². The fraction of sp³-hybridized carbons (Fsp3) is 0.636. The summed E-state index contributed by atoms with van der Waals surface area (Å²) in [6, 6.07) is 7.94. The zero-order valence-electron chi connectivity index (χ0n) is 18.3. The molecule has 29 heavy (non-hydrogen) atoms. The summed E-state index contributed by atoms with van der Waals surface area (Å²) in [6.07, 6.45) is 1.55. The number of amides is 2. The van der Waals surface area contributed by atoms with Gasteiger partial charge in [0.05, 0.1) is 7.11 Å². The molecule has 1 aliphatic heterocycles. The minimum absolute atomic E-state index is 0.0164. The van der Waals surface area contributed by atoms with Gasteiger partial charge >= 0.3 is 6.09 Å². The van der Waals surface area contributed by atoms with Crippen molar-refractivity contribution >= 4 is 17.7 Å². The van der Waals surface area contributed by atoms with Gasteiger partial charge in [-0.3, -0.25) is 4.79 Å². The van der Waals surface area contributed by atoms with Crippen molar-refractivity contribution in [2.24, 2.45) is 5.92 Å². The summed E-state index contributed by atoms with van der Waals surface area (Å²) in [4.78, 5) is 26.2. The molecule has 2 atom stereocenters. The first kappa shape index (κ1) is 22.8. The van der Waals surface area contributed by atoms with Crippen LogP contribution in [0.3, 0.4) is 0 Å². The highest BCUT2D eigenvalue weighted by atomic mass is 16.6. The Bertz CT molecular complexity index is 687. The molecule has 0 aliphatic carbocycles. The molecule has 0 radical (unpaired) electrons. The lowest BCUT2D eigenvalue weighted by atomic mass is 10.1. The maximum absolute atomic E-state index is 12.2. The minimum atomic E-state index is -0.527. The third kappa shape index (κ3) is 8.21. The molecule has 1 heterocycles. The maximum Gasteiger partial charge on any atom is 0.407 e. The lowest BCUT2D eigenvalue weighted by Crippen LogP contribution is -2.38. The van der Waals surface area contributed by atoms with E-state index in [2.05, 4.69) is 21.6 Å². The number of alkyl carbamates (subject to hydrolysis) is 1. The van der Waals surface area contributed by atoms with Crippen LogP contribution in [-0.4, -0.2) is 50.4 Å². The van der Waals surface area contributed by atoms with E-state index in [1.807, 2.05) is 45.9 Å². The van der Waals surface area contributed by atoms with Gasteiger partial charge in [-0.05, 0) is 58.6 Å². The smallest absolute Gasteiger partial charge is 0.407 e. The fourth-order valence-electron chi connectivity index (χ4n) is 3.32. The molecule has 7 nitrogen and oxygen atoms in total. The van der Waals surface area contributed by atoms with Crippen molar-refractivity contribution < 1.29 is 19.1 Å². The standard InChI is InChI=1S/C22H35N3O4/c1-16(24-21(27)29-22(2,3)4)9-10-20(26)23-14-17-11-12-25(15-17)18-7-6-8-19(13-18)28-5/h6-8,13,16-17H,9-12,14-15H2,1-5H3,(H,23,26)(H,24,27)/t16-,17+/m0/s1. The molecule has 2 rings (SSSR count). The number of nitrogens with one attached hydrogen (secondary N) is 2. The second-order valence-corrected chi connectivity index (χ2v) is 8.69. The highest BCUT2D eigenvalue weighted by Gasteiger charge is 2.23. The van der Waals surface area contributed by atoms with Crippen molar-refractivity contribution in [3.63, 3.8) is 0 Å². The molecule has 0 aromatic heterocycles. The van der Waals surface area contributed by atoms with E-state index in [1.54, 1.807) is 7.11 Å². The van der Waals surface area contributed by atoms with Crippen LogP contribution in [0.15, 0.2) is 24.3 Å². The summed E-state index contributed by atoms with van der Waals surface area (Å²) in [5, 5.41) is 5.80. The van der Waals surface area contributed by atoms with E-state index in [9.17, 15) is 9.59 Å². The molecule has 1 fully saturated rings. The molecule has 0 unspecified atom stereocenters. The van der Waals surface area contributed by atoms with Crippen LogP contribution < -0.4 is 20.3 Å². The van der Waals surface area contributed by atoms with Crippen LogP contribution in [0, 0.1) is 5.92 Å². The summed E-state index contributed by atoms with van der Waals surface area (Å²) in [6.45, 7) is 9.91. The molecule has 2 N–H and O–H groups in total. The third-order valence-corrected chi connectivity index (χ3v) is 4.86. The number of nitrogens with zero attached hydrogens (tertiary/aromatic N) is 1. The Labute approximate surface area is 174 Å². The fourth-order valence-corrected chi connectivity index (χ4v) is 3.32. The van der Waals surface area contributed by atoms with Crippen molar-refractivity contribution in [3.05, 3.63) is 24.3 Å². The molecule has 7 heteroatoms. The van der Waals surface area contributed by atoms with Crippen molar-refractivity contribution in [1.29, 1.82) is 0 Å². The first-order chi connectivity index (χ1) is 13.7. The van der Waals surface area contributed by atoms with E-state index in [0.717, 1.165) is 30.9 Å². The van der Waals surface area contributed by atoms with E-state index < -0.39 is 11.7 Å². The van der Waals surface area contributed by atoms with E-state index in [1.165, 1.54) is 0 Å². The Balaban J connectivity index is 1.66.